The van der Waals surface area contributed by atoms with Gasteiger partial charge in [0, 0.05) is 24.2 Å². The number of carbonyl (C=O) groups excluding carboxylic acids is 1. The number of amides is 1. The first-order chi connectivity index (χ1) is 12.0. The summed E-state index contributed by atoms with van der Waals surface area (Å²) in [6.07, 6.45) is 3.69. The van der Waals surface area contributed by atoms with E-state index in [0.29, 0.717) is 16.8 Å². The molecule has 3 rings (SSSR count). The van der Waals surface area contributed by atoms with Gasteiger partial charge in [0.25, 0.3) is 5.91 Å². The zero-order valence-corrected chi connectivity index (χ0v) is 14.6. The van der Waals surface area contributed by atoms with Crippen molar-refractivity contribution in [2.75, 3.05) is 18.0 Å². The molecule has 1 heterocycles. The summed E-state index contributed by atoms with van der Waals surface area (Å²) in [5, 5.41) is 3.96. The number of hydrogen-bond acceptors (Lipinski definition) is 3. The molecule has 0 atom stereocenters. The molecule has 130 valence electrons. The third-order valence-corrected chi connectivity index (χ3v) is 4.47. The lowest BCUT2D eigenvalue weighted by atomic mass is 10.1. The van der Waals surface area contributed by atoms with E-state index in [1.807, 2.05) is 32.0 Å². The van der Waals surface area contributed by atoms with Crippen LogP contribution in [0.1, 0.15) is 39.9 Å². The number of halogens is 1. The van der Waals surface area contributed by atoms with Gasteiger partial charge in [-0.25, -0.2) is 9.82 Å². The van der Waals surface area contributed by atoms with E-state index in [4.69, 9.17) is 0 Å². The van der Waals surface area contributed by atoms with Crippen LogP contribution in [0, 0.1) is 19.7 Å². The Balaban J connectivity index is 1.69. The van der Waals surface area contributed by atoms with Crippen molar-refractivity contribution in [3.63, 3.8) is 0 Å². The van der Waals surface area contributed by atoms with Gasteiger partial charge in [0.15, 0.2) is 0 Å². The van der Waals surface area contributed by atoms with E-state index in [1.165, 1.54) is 12.3 Å². The first-order valence-electron chi connectivity index (χ1n) is 8.50. The highest BCUT2D eigenvalue weighted by Gasteiger charge is 2.17. The smallest absolute Gasteiger partial charge is 0.271 e. The molecule has 4 nitrogen and oxygen atoms in total. The number of benzene rings is 2. The molecule has 2 aromatic rings. The minimum Gasteiger partial charge on any atom is -0.369 e. The molecule has 1 aliphatic heterocycles. The molecule has 0 spiro atoms. The van der Waals surface area contributed by atoms with Gasteiger partial charge in [-0.2, -0.15) is 5.10 Å². The average molecular weight is 339 g/mol. The van der Waals surface area contributed by atoms with Crippen LogP contribution in [-0.2, 0) is 0 Å². The van der Waals surface area contributed by atoms with E-state index >= 15 is 0 Å². The van der Waals surface area contributed by atoms with Gasteiger partial charge in [0.1, 0.15) is 5.82 Å². The maximum absolute atomic E-state index is 14.4. The Bertz CT molecular complexity index is 793. The van der Waals surface area contributed by atoms with E-state index in [-0.39, 0.29) is 11.7 Å². The van der Waals surface area contributed by atoms with Crippen molar-refractivity contribution in [2.24, 2.45) is 5.10 Å². The first-order valence-corrected chi connectivity index (χ1v) is 8.50. The maximum atomic E-state index is 14.4. The first kappa shape index (κ1) is 17.1. The number of rotatable bonds is 4. The second-order valence-corrected chi connectivity index (χ2v) is 6.42. The van der Waals surface area contributed by atoms with Gasteiger partial charge in [0.05, 0.1) is 11.9 Å². The van der Waals surface area contributed by atoms with Crippen LogP contribution < -0.4 is 10.3 Å². The van der Waals surface area contributed by atoms with Crippen molar-refractivity contribution in [1.29, 1.82) is 0 Å². The molecule has 1 aliphatic rings. The molecule has 2 aromatic carbocycles. The molecule has 1 fully saturated rings. The molecule has 0 aliphatic carbocycles. The third kappa shape index (κ3) is 4.05. The summed E-state index contributed by atoms with van der Waals surface area (Å²) in [7, 11) is 0. The number of hydrazone groups is 1. The molecule has 0 aromatic heterocycles. The zero-order chi connectivity index (χ0) is 17.8. The number of carbonyl (C=O) groups is 1. The minimum absolute atomic E-state index is 0.251. The van der Waals surface area contributed by atoms with Gasteiger partial charge in [-0.3, -0.25) is 4.79 Å². The van der Waals surface area contributed by atoms with Crippen LogP contribution >= 0.6 is 0 Å². The van der Waals surface area contributed by atoms with Crippen LogP contribution in [0.15, 0.2) is 41.5 Å². The molecular weight excluding hydrogens is 317 g/mol. The maximum Gasteiger partial charge on any atom is 0.271 e. The second-order valence-electron chi connectivity index (χ2n) is 6.42. The minimum atomic E-state index is -0.289. The molecule has 0 bridgehead atoms. The van der Waals surface area contributed by atoms with Gasteiger partial charge in [0.2, 0.25) is 0 Å². The Hall–Kier alpha value is -2.69. The Morgan fingerprint density at radius 2 is 1.84 bits per heavy atom. The highest BCUT2D eigenvalue weighted by atomic mass is 19.1. The van der Waals surface area contributed by atoms with Crippen LogP contribution in [0.3, 0.4) is 0 Å². The summed E-state index contributed by atoms with van der Waals surface area (Å²) < 4.78 is 14.4. The summed E-state index contributed by atoms with van der Waals surface area (Å²) in [6, 6.07) is 10.6. The van der Waals surface area contributed by atoms with E-state index < -0.39 is 0 Å². The van der Waals surface area contributed by atoms with Crippen LogP contribution in [0.4, 0.5) is 10.1 Å². The molecule has 5 heteroatoms. The molecule has 0 unspecified atom stereocenters. The SMILES string of the molecule is Cc1ccc(C(=O)N/N=C\c2cc(F)c(N3CCCC3)cc2C)cc1. The number of aryl methyl sites for hydroxylation is 2. The summed E-state index contributed by atoms with van der Waals surface area (Å²) in [5.74, 6) is -0.540. The quantitative estimate of drug-likeness (QED) is 0.680. The monoisotopic (exact) mass is 339 g/mol. The predicted molar refractivity (Wildman–Crippen MR) is 98.8 cm³/mol. The zero-order valence-electron chi connectivity index (χ0n) is 14.6. The van der Waals surface area contributed by atoms with Crippen molar-refractivity contribution >= 4 is 17.8 Å². The Kier molecular flexibility index (Phi) is 5.12. The van der Waals surface area contributed by atoms with Crippen molar-refractivity contribution in [3.05, 3.63) is 64.5 Å². The lowest BCUT2D eigenvalue weighted by Gasteiger charge is -2.19. The largest absolute Gasteiger partial charge is 0.369 e. The Labute approximate surface area is 147 Å². The Morgan fingerprint density at radius 3 is 2.52 bits per heavy atom. The van der Waals surface area contributed by atoms with Crippen molar-refractivity contribution in [3.8, 4) is 0 Å². The van der Waals surface area contributed by atoms with Crippen LogP contribution in [0.2, 0.25) is 0 Å². The van der Waals surface area contributed by atoms with Crippen molar-refractivity contribution in [1.82, 2.24) is 5.43 Å². The molecule has 1 amide bonds. The molecule has 0 saturated carbocycles. The Morgan fingerprint density at radius 1 is 1.16 bits per heavy atom. The number of nitrogens with one attached hydrogen (secondary N) is 1. The van der Waals surface area contributed by atoms with E-state index in [1.54, 1.807) is 12.1 Å². The fraction of sp³-hybridized carbons (Fsp3) is 0.300. The second kappa shape index (κ2) is 7.47. The summed E-state index contributed by atoms with van der Waals surface area (Å²) in [5.41, 5.74) is 6.34. The number of hydrogen-bond donors (Lipinski definition) is 1. The predicted octanol–water partition coefficient (Wildman–Crippen LogP) is 3.81. The van der Waals surface area contributed by atoms with Gasteiger partial charge >= 0.3 is 0 Å². The topological polar surface area (TPSA) is 44.7 Å². The van der Waals surface area contributed by atoms with Crippen molar-refractivity contribution < 1.29 is 9.18 Å². The number of anilines is 1. The third-order valence-electron chi connectivity index (χ3n) is 4.47. The van der Waals surface area contributed by atoms with Gasteiger partial charge in [-0.15, -0.1) is 0 Å². The number of nitrogens with zero attached hydrogens (tertiary/aromatic N) is 2. The fourth-order valence-corrected chi connectivity index (χ4v) is 2.95. The summed E-state index contributed by atoms with van der Waals surface area (Å²) in [4.78, 5) is 14.1. The van der Waals surface area contributed by atoms with Crippen molar-refractivity contribution in [2.45, 2.75) is 26.7 Å². The van der Waals surface area contributed by atoms with Gasteiger partial charge in [-0.1, -0.05) is 17.7 Å². The highest BCUT2D eigenvalue weighted by molar-refractivity contribution is 5.95. The molecule has 1 saturated heterocycles. The van der Waals surface area contributed by atoms with Gasteiger partial charge < -0.3 is 4.90 Å². The lowest BCUT2D eigenvalue weighted by molar-refractivity contribution is 0.0955. The average Bonchev–Trinajstić information content (AvgIpc) is 3.12. The van der Waals surface area contributed by atoms with E-state index in [0.717, 1.165) is 37.1 Å². The molecule has 25 heavy (non-hydrogen) atoms. The standard InChI is InChI=1S/C20H22FN3O/c1-14-5-7-16(8-6-14)20(25)23-22-13-17-12-18(21)19(11-15(17)2)24-9-3-4-10-24/h5-8,11-13H,3-4,9-10H2,1-2H3,(H,23,25)/b22-13-. The van der Waals surface area contributed by atoms with E-state index in [2.05, 4.69) is 15.4 Å². The highest BCUT2D eigenvalue weighted by Crippen LogP contribution is 2.26. The normalized spacial score (nSPS) is 14.3. The molecular formula is C20H22FN3O. The molecule has 1 N–H and O–H groups in total. The molecule has 0 radical (unpaired) electrons. The van der Waals surface area contributed by atoms with Crippen LogP contribution in [-0.4, -0.2) is 25.2 Å². The van der Waals surface area contributed by atoms with E-state index in [9.17, 15) is 9.18 Å². The summed E-state index contributed by atoms with van der Waals surface area (Å²) >= 11 is 0. The van der Waals surface area contributed by atoms with Gasteiger partial charge in [-0.05, 0) is 56.5 Å². The van der Waals surface area contributed by atoms with Crippen LogP contribution in [0.25, 0.3) is 0 Å². The fourth-order valence-electron chi connectivity index (χ4n) is 2.95. The summed E-state index contributed by atoms with van der Waals surface area (Å²) in [6.45, 7) is 5.68. The van der Waals surface area contributed by atoms with Crippen LogP contribution in [0.5, 0.6) is 0 Å². The lowest BCUT2D eigenvalue weighted by Crippen LogP contribution is -2.19.